The Labute approximate surface area is 186 Å². The molecule has 0 atom stereocenters. The molecule has 3 aromatic rings. The van der Waals surface area contributed by atoms with Crippen molar-refractivity contribution in [2.45, 2.75) is 49.6 Å². The first-order valence-electron chi connectivity index (χ1n) is 10.6. The summed E-state index contributed by atoms with van der Waals surface area (Å²) in [5, 5.41) is 1.24. The Morgan fingerprint density at radius 2 is 1.97 bits per heavy atom. The van der Waals surface area contributed by atoms with E-state index in [1.54, 1.807) is 37.1 Å². The topological polar surface area (TPSA) is 66.2 Å². The van der Waals surface area contributed by atoms with Crippen LogP contribution in [-0.4, -0.2) is 28.8 Å². The van der Waals surface area contributed by atoms with Crippen molar-refractivity contribution in [3.05, 3.63) is 64.2 Å². The van der Waals surface area contributed by atoms with Crippen LogP contribution >= 0.6 is 11.8 Å². The maximum Gasteiger partial charge on any atom is 0.262 e. The molecule has 0 saturated carbocycles. The van der Waals surface area contributed by atoms with E-state index in [0.29, 0.717) is 39.9 Å². The number of hydrogen-bond donors (Lipinski definition) is 0. The molecule has 31 heavy (non-hydrogen) atoms. The fourth-order valence-electron chi connectivity index (χ4n) is 3.84. The molecule has 0 spiro atoms. The van der Waals surface area contributed by atoms with E-state index < -0.39 is 0 Å². The SMILES string of the molecule is COc1cc2nc(SCc3ccccn3)n(CCC3=CCCCC3)c(=O)c2cc1OC. The molecule has 1 aromatic carbocycles. The average molecular weight is 438 g/mol. The lowest BCUT2D eigenvalue weighted by atomic mass is 9.97. The zero-order valence-electron chi connectivity index (χ0n) is 18.0. The number of ether oxygens (including phenoxy) is 2. The zero-order valence-corrected chi connectivity index (χ0v) is 18.8. The normalized spacial score (nSPS) is 13.8. The monoisotopic (exact) mass is 437 g/mol. The lowest BCUT2D eigenvalue weighted by molar-refractivity contribution is 0.355. The number of nitrogens with zero attached hydrogens (tertiary/aromatic N) is 3. The summed E-state index contributed by atoms with van der Waals surface area (Å²) in [6.45, 7) is 0.618. The van der Waals surface area contributed by atoms with Gasteiger partial charge < -0.3 is 9.47 Å². The molecule has 0 fully saturated rings. The quantitative estimate of drug-likeness (QED) is 0.281. The summed E-state index contributed by atoms with van der Waals surface area (Å²) in [6.07, 6.45) is 9.73. The second-order valence-electron chi connectivity index (χ2n) is 7.54. The first-order chi connectivity index (χ1) is 15.2. The van der Waals surface area contributed by atoms with E-state index >= 15 is 0 Å². The van der Waals surface area contributed by atoms with E-state index in [-0.39, 0.29) is 5.56 Å². The first kappa shape index (κ1) is 21.4. The summed E-state index contributed by atoms with van der Waals surface area (Å²) in [5.41, 5.74) is 2.95. The molecule has 2 heterocycles. The Morgan fingerprint density at radius 3 is 2.68 bits per heavy atom. The van der Waals surface area contributed by atoms with Gasteiger partial charge in [-0.15, -0.1) is 0 Å². The highest BCUT2D eigenvalue weighted by molar-refractivity contribution is 7.98. The van der Waals surface area contributed by atoms with Crippen molar-refractivity contribution in [3.63, 3.8) is 0 Å². The van der Waals surface area contributed by atoms with Crippen molar-refractivity contribution < 1.29 is 9.47 Å². The van der Waals surface area contributed by atoms with Crippen molar-refractivity contribution >= 4 is 22.7 Å². The summed E-state index contributed by atoms with van der Waals surface area (Å²) in [4.78, 5) is 22.7. The predicted molar refractivity (Wildman–Crippen MR) is 124 cm³/mol. The van der Waals surface area contributed by atoms with Crippen molar-refractivity contribution in [2.24, 2.45) is 0 Å². The number of allylic oxidation sites excluding steroid dienone is 2. The Bertz CT molecular complexity index is 1140. The van der Waals surface area contributed by atoms with Crippen LogP contribution in [-0.2, 0) is 12.3 Å². The van der Waals surface area contributed by atoms with Gasteiger partial charge in [-0.3, -0.25) is 14.3 Å². The van der Waals surface area contributed by atoms with Crippen LogP contribution in [0.25, 0.3) is 10.9 Å². The number of benzene rings is 1. The molecule has 0 saturated heterocycles. The molecule has 4 rings (SSSR count). The molecule has 0 bridgehead atoms. The third-order valence-electron chi connectivity index (χ3n) is 5.54. The minimum Gasteiger partial charge on any atom is -0.493 e. The summed E-state index contributed by atoms with van der Waals surface area (Å²) >= 11 is 1.54. The number of pyridine rings is 1. The molecule has 0 amide bonds. The second-order valence-corrected chi connectivity index (χ2v) is 8.49. The second kappa shape index (κ2) is 10.0. The van der Waals surface area contributed by atoms with Crippen molar-refractivity contribution in [3.8, 4) is 11.5 Å². The Balaban J connectivity index is 1.73. The molecule has 6 nitrogen and oxygen atoms in total. The van der Waals surface area contributed by atoms with Gasteiger partial charge in [0.25, 0.3) is 5.56 Å². The van der Waals surface area contributed by atoms with Crippen LogP contribution in [0, 0.1) is 0 Å². The van der Waals surface area contributed by atoms with Gasteiger partial charge in [0.2, 0.25) is 0 Å². The molecular weight excluding hydrogens is 410 g/mol. The lowest BCUT2D eigenvalue weighted by Crippen LogP contribution is -2.24. The Hall–Kier alpha value is -2.80. The molecule has 0 unspecified atom stereocenters. The largest absolute Gasteiger partial charge is 0.493 e. The van der Waals surface area contributed by atoms with Gasteiger partial charge in [0.15, 0.2) is 16.7 Å². The molecule has 0 aliphatic heterocycles. The van der Waals surface area contributed by atoms with Gasteiger partial charge in [-0.05, 0) is 50.3 Å². The minimum absolute atomic E-state index is 0.0501. The zero-order chi connectivity index (χ0) is 21.6. The van der Waals surface area contributed by atoms with Gasteiger partial charge in [-0.25, -0.2) is 4.98 Å². The number of methoxy groups -OCH3 is 2. The standard InChI is InChI=1S/C24H27N3O3S/c1-29-21-14-19-20(15-22(21)30-2)26-24(31-16-18-10-6-7-12-25-18)27(23(19)28)13-11-17-8-4-3-5-9-17/h6-8,10,12,14-15H,3-5,9,11,13,16H2,1-2H3. The molecule has 0 N–H and O–H groups in total. The van der Waals surface area contributed by atoms with Crippen LogP contribution in [0.15, 0.2) is 58.1 Å². The highest BCUT2D eigenvalue weighted by Gasteiger charge is 2.16. The van der Waals surface area contributed by atoms with Gasteiger partial charge in [-0.2, -0.15) is 0 Å². The van der Waals surface area contributed by atoms with Crippen LogP contribution in [0.1, 0.15) is 37.8 Å². The average Bonchev–Trinajstić information content (AvgIpc) is 2.82. The van der Waals surface area contributed by atoms with Gasteiger partial charge in [0, 0.05) is 24.6 Å². The van der Waals surface area contributed by atoms with Gasteiger partial charge in [-0.1, -0.05) is 29.5 Å². The van der Waals surface area contributed by atoms with Crippen molar-refractivity contribution in [1.29, 1.82) is 0 Å². The fourth-order valence-corrected chi connectivity index (χ4v) is 4.78. The Kier molecular flexibility index (Phi) is 6.92. The summed E-state index contributed by atoms with van der Waals surface area (Å²) in [7, 11) is 3.15. The molecular formula is C24H27N3O3S. The number of hydrogen-bond acceptors (Lipinski definition) is 6. The molecule has 1 aliphatic rings. The predicted octanol–water partition coefficient (Wildman–Crippen LogP) is 4.99. The van der Waals surface area contributed by atoms with Gasteiger partial charge in [0.1, 0.15) is 0 Å². The third kappa shape index (κ3) is 4.93. The Morgan fingerprint density at radius 1 is 1.13 bits per heavy atom. The van der Waals surface area contributed by atoms with E-state index in [9.17, 15) is 4.79 Å². The third-order valence-corrected chi connectivity index (χ3v) is 6.55. The molecule has 7 heteroatoms. The van der Waals surface area contributed by atoms with E-state index in [2.05, 4.69) is 11.1 Å². The summed E-state index contributed by atoms with van der Waals surface area (Å²) in [6, 6.07) is 9.35. The molecule has 0 radical (unpaired) electrons. The van der Waals surface area contributed by atoms with Gasteiger partial charge in [0.05, 0.1) is 30.8 Å². The number of thioether (sulfide) groups is 1. The smallest absolute Gasteiger partial charge is 0.262 e. The maximum atomic E-state index is 13.5. The molecule has 1 aliphatic carbocycles. The van der Waals surface area contributed by atoms with Crippen molar-refractivity contribution in [2.75, 3.05) is 14.2 Å². The van der Waals surface area contributed by atoms with Crippen LogP contribution < -0.4 is 15.0 Å². The molecule has 2 aromatic heterocycles. The summed E-state index contributed by atoms with van der Waals surface area (Å²) in [5.74, 6) is 1.74. The summed E-state index contributed by atoms with van der Waals surface area (Å²) < 4.78 is 12.6. The number of fused-ring (bicyclic) bond motifs is 1. The highest BCUT2D eigenvalue weighted by Crippen LogP contribution is 2.32. The number of rotatable bonds is 8. The van der Waals surface area contributed by atoms with Crippen LogP contribution in [0.5, 0.6) is 11.5 Å². The van der Waals surface area contributed by atoms with Crippen LogP contribution in [0.4, 0.5) is 0 Å². The van der Waals surface area contributed by atoms with Crippen LogP contribution in [0.2, 0.25) is 0 Å². The van der Waals surface area contributed by atoms with E-state index in [0.717, 1.165) is 25.0 Å². The number of aromatic nitrogens is 3. The highest BCUT2D eigenvalue weighted by atomic mass is 32.2. The minimum atomic E-state index is -0.0501. The van der Waals surface area contributed by atoms with E-state index in [1.807, 2.05) is 18.2 Å². The van der Waals surface area contributed by atoms with Gasteiger partial charge >= 0.3 is 0 Å². The first-order valence-corrected chi connectivity index (χ1v) is 11.6. The maximum absolute atomic E-state index is 13.5. The van der Waals surface area contributed by atoms with E-state index in [1.165, 1.54) is 30.2 Å². The molecule has 162 valence electrons. The van der Waals surface area contributed by atoms with Crippen LogP contribution in [0.3, 0.4) is 0 Å². The van der Waals surface area contributed by atoms with E-state index in [4.69, 9.17) is 14.5 Å². The fraction of sp³-hybridized carbons (Fsp3) is 0.375. The lowest BCUT2D eigenvalue weighted by Gasteiger charge is -2.17. The van der Waals surface area contributed by atoms with Crippen molar-refractivity contribution in [1.82, 2.24) is 14.5 Å².